The number of carbonyl (C=O) groups is 1. The Bertz CT molecular complexity index is 379. The first kappa shape index (κ1) is 11.8. The summed E-state index contributed by atoms with van der Waals surface area (Å²) in [5, 5.41) is 10.5. The van der Waals surface area contributed by atoms with Crippen molar-refractivity contribution < 1.29 is 9.72 Å². The fourth-order valence-corrected chi connectivity index (χ4v) is 1.79. The van der Waals surface area contributed by atoms with Crippen LogP contribution in [0.3, 0.4) is 0 Å². The van der Waals surface area contributed by atoms with Gasteiger partial charge in [-0.25, -0.2) is 0 Å². The molecule has 0 atom stereocenters. The number of nitro groups is 1. The molecule has 0 spiro atoms. The highest BCUT2D eigenvalue weighted by atomic mass is 79.9. The van der Waals surface area contributed by atoms with Gasteiger partial charge in [0.25, 0.3) is 5.69 Å². The highest BCUT2D eigenvalue weighted by molar-refractivity contribution is 9.10. The zero-order valence-electron chi connectivity index (χ0n) is 7.98. The molecule has 15 heavy (non-hydrogen) atoms. The first-order chi connectivity index (χ1) is 7.15. The third kappa shape index (κ3) is 3.43. The molecule has 0 aromatic heterocycles. The van der Waals surface area contributed by atoms with Crippen molar-refractivity contribution in [1.29, 1.82) is 0 Å². The summed E-state index contributed by atoms with van der Waals surface area (Å²) in [6.07, 6.45) is 2.90. The van der Waals surface area contributed by atoms with E-state index < -0.39 is 4.92 Å². The molecule has 0 unspecified atom stereocenters. The first-order valence-electron chi connectivity index (χ1n) is 4.51. The Morgan fingerprint density at radius 3 is 2.73 bits per heavy atom. The van der Waals surface area contributed by atoms with E-state index in [1.54, 1.807) is 6.07 Å². The molecule has 80 valence electrons. The quantitative estimate of drug-likeness (QED) is 0.358. The van der Waals surface area contributed by atoms with Crippen LogP contribution >= 0.6 is 15.9 Å². The molecule has 0 radical (unpaired) electrons. The van der Waals surface area contributed by atoms with Gasteiger partial charge in [0.15, 0.2) is 0 Å². The van der Waals surface area contributed by atoms with Crippen LogP contribution in [0.4, 0.5) is 5.69 Å². The number of rotatable bonds is 5. The number of non-ortho nitro benzene ring substituents is 1. The number of hydrogen-bond donors (Lipinski definition) is 0. The number of benzene rings is 1. The smallest absolute Gasteiger partial charge is 0.270 e. The number of nitro benzene ring substituents is 1. The van der Waals surface area contributed by atoms with Crippen LogP contribution in [0.25, 0.3) is 0 Å². The Kier molecular flexibility index (Phi) is 4.42. The van der Waals surface area contributed by atoms with Crippen LogP contribution in [0, 0.1) is 10.1 Å². The Morgan fingerprint density at radius 2 is 2.20 bits per heavy atom. The topological polar surface area (TPSA) is 60.2 Å². The molecule has 0 aliphatic carbocycles. The molecule has 0 saturated carbocycles. The summed E-state index contributed by atoms with van der Waals surface area (Å²) in [6.45, 7) is 0. The van der Waals surface area contributed by atoms with Gasteiger partial charge in [0.05, 0.1) is 4.92 Å². The molecule has 1 aromatic rings. The second-order valence-corrected chi connectivity index (χ2v) is 3.95. The highest BCUT2D eigenvalue weighted by Gasteiger charge is 2.08. The molecule has 5 heteroatoms. The van der Waals surface area contributed by atoms with Gasteiger partial charge in [-0.1, -0.05) is 22.0 Å². The SMILES string of the molecule is O=CCCCc1ccc([N+](=O)[O-])cc1Br. The summed E-state index contributed by atoms with van der Waals surface area (Å²) >= 11 is 3.27. The minimum absolute atomic E-state index is 0.0704. The van der Waals surface area contributed by atoms with Crippen molar-refractivity contribution in [2.45, 2.75) is 19.3 Å². The number of hydrogen-bond acceptors (Lipinski definition) is 3. The van der Waals surface area contributed by atoms with Crippen molar-refractivity contribution in [2.24, 2.45) is 0 Å². The summed E-state index contributed by atoms with van der Waals surface area (Å²) in [4.78, 5) is 20.2. The zero-order valence-corrected chi connectivity index (χ0v) is 9.57. The van der Waals surface area contributed by atoms with Crippen molar-refractivity contribution >= 4 is 27.9 Å². The van der Waals surface area contributed by atoms with Gasteiger partial charge >= 0.3 is 0 Å². The average Bonchev–Trinajstić information content (AvgIpc) is 2.20. The van der Waals surface area contributed by atoms with Crippen LogP contribution in [-0.2, 0) is 11.2 Å². The molecular weight excluding hydrogens is 262 g/mol. The lowest BCUT2D eigenvalue weighted by atomic mass is 10.1. The van der Waals surface area contributed by atoms with Gasteiger partial charge in [-0.15, -0.1) is 0 Å². The normalized spacial score (nSPS) is 9.93. The predicted molar refractivity (Wildman–Crippen MR) is 59.8 cm³/mol. The third-order valence-electron chi connectivity index (χ3n) is 2.02. The van der Waals surface area contributed by atoms with E-state index >= 15 is 0 Å². The first-order valence-corrected chi connectivity index (χ1v) is 5.31. The lowest BCUT2D eigenvalue weighted by Crippen LogP contribution is -1.92. The van der Waals surface area contributed by atoms with Crippen molar-refractivity contribution in [1.82, 2.24) is 0 Å². The van der Waals surface area contributed by atoms with E-state index in [1.807, 2.05) is 0 Å². The fourth-order valence-electron chi connectivity index (χ4n) is 1.23. The summed E-state index contributed by atoms with van der Waals surface area (Å²) in [5.74, 6) is 0. The molecule has 0 bridgehead atoms. The molecule has 0 N–H and O–H groups in total. The summed E-state index contributed by atoms with van der Waals surface area (Å²) < 4.78 is 0.725. The maximum atomic E-state index is 10.5. The number of unbranched alkanes of at least 4 members (excludes halogenated alkanes) is 1. The van der Waals surface area contributed by atoms with E-state index in [2.05, 4.69) is 15.9 Å². The number of aldehydes is 1. The van der Waals surface area contributed by atoms with Crippen LogP contribution in [0.5, 0.6) is 0 Å². The molecule has 0 aliphatic rings. The Labute approximate surface area is 95.6 Å². The van der Waals surface area contributed by atoms with Gasteiger partial charge < -0.3 is 4.79 Å². The van der Waals surface area contributed by atoms with Crippen molar-refractivity contribution in [3.63, 3.8) is 0 Å². The largest absolute Gasteiger partial charge is 0.303 e. The molecule has 1 rings (SSSR count). The maximum absolute atomic E-state index is 10.5. The van der Waals surface area contributed by atoms with Gasteiger partial charge in [0, 0.05) is 23.0 Å². The van der Waals surface area contributed by atoms with Gasteiger partial charge in [0.2, 0.25) is 0 Å². The summed E-state index contributed by atoms with van der Waals surface area (Å²) in [6, 6.07) is 4.67. The Morgan fingerprint density at radius 1 is 1.47 bits per heavy atom. The number of nitrogens with zero attached hydrogens (tertiary/aromatic N) is 1. The highest BCUT2D eigenvalue weighted by Crippen LogP contribution is 2.24. The lowest BCUT2D eigenvalue weighted by Gasteiger charge is -2.02. The minimum atomic E-state index is -0.431. The van der Waals surface area contributed by atoms with Gasteiger partial charge in [-0.05, 0) is 18.4 Å². The van der Waals surface area contributed by atoms with Gasteiger partial charge in [-0.3, -0.25) is 10.1 Å². The second kappa shape index (κ2) is 5.60. The van der Waals surface area contributed by atoms with E-state index in [1.165, 1.54) is 12.1 Å². The van der Waals surface area contributed by atoms with Crippen LogP contribution in [-0.4, -0.2) is 11.2 Å². The Hall–Kier alpha value is -1.23. The summed E-state index contributed by atoms with van der Waals surface area (Å²) in [7, 11) is 0. The molecule has 0 fully saturated rings. The van der Waals surface area contributed by atoms with E-state index in [0.717, 1.165) is 29.2 Å². The average molecular weight is 272 g/mol. The summed E-state index contributed by atoms with van der Waals surface area (Å²) in [5.41, 5.74) is 1.06. The van der Waals surface area contributed by atoms with Crippen molar-refractivity contribution in [3.05, 3.63) is 38.3 Å². The van der Waals surface area contributed by atoms with Crippen molar-refractivity contribution in [2.75, 3.05) is 0 Å². The second-order valence-electron chi connectivity index (χ2n) is 3.09. The van der Waals surface area contributed by atoms with Crippen LogP contribution in [0.1, 0.15) is 18.4 Å². The predicted octanol–water partition coefficient (Wildman–Crippen LogP) is 2.88. The van der Waals surface area contributed by atoms with Gasteiger partial charge in [-0.2, -0.15) is 0 Å². The third-order valence-corrected chi connectivity index (χ3v) is 2.75. The van der Waals surface area contributed by atoms with E-state index in [0.29, 0.717) is 6.42 Å². The molecule has 0 saturated heterocycles. The van der Waals surface area contributed by atoms with E-state index in [4.69, 9.17) is 0 Å². The molecule has 0 amide bonds. The number of aryl methyl sites for hydroxylation is 1. The lowest BCUT2D eigenvalue weighted by molar-refractivity contribution is -0.384. The maximum Gasteiger partial charge on any atom is 0.270 e. The fraction of sp³-hybridized carbons (Fsp3) is 0.300. The van der Waals surface area contributed by atoms with Crippen LogP contribution in [0.15, 0.2) is 22.7 Å². The molecular formula is C10H10BrNO3. The van der Waals surface area contributed by atoms with Crippen molar-refractivity contribution in [3.8, 4) is 0 Å². The molecule has 4 nitrogen and oxygen atoms in total. The zero-order chi connectivity index (χ0) is 11.3. The Balaban J connectivity index is 2.74. The number of halogens is 1. The molecule has 0 aliphatic heterocycles. The van der Waals surface area contributed by atoms with E-state index in [-0.39, 0.29) is 5.69 Å². The molecule has 0 heterocycles. The standard InChI is InChI=1S/C10H10BrNO3/c11-10-7-9(12(14)15)5-4-8(10)3-1-2-6-13/h4-7H,1-3H2. The molecule has 1 aromatic carbocycles. The van der Waals surface area contributed by atoms with Crippen LogP contribution in [0.2, 0.25) is 0 Å². The number of carbonyl (C=O) groups excluding carboxylic acids is 1. The minimum Gasteiger partial charge on any atom is -0.303 e. The monoisotopic (exact) mass is 271 g/mol. The van der Waals surface area contributed by atoms with Gasteiger partial charge in [0.1, 0.15) is 6.29 Å². The van der Waals surface area contributed by atoms with Crippen LogP contribution < -0.4 is 0 Å². The van der Waals surface area contributed by atoms with E-state index in [9.17, 15) is 14.9 Å².